The Morgan fingerprint density at radius 1 is 1.50 bits per heavy atom. The molecule has 3 heteroatoms. The zero-order valence-electron chi connectivity index (χ0n) is 10.5. The molecular weight excluding hydrogens is 226 g/mol. The molecule has 1 aromatic carbocycles. The molecule has 2 rings (SSSR count). The predicted molar refractivity (Wildman–Crippen MR) is 72.0 cm³/mol. The van der Waals surface area contributed by atoms with Gasteiger partial charge in [-0.25, -0.2) is 0 Å². The van der Waals surface area contributed by atoms with Gasteiger partial charge in [0.15, 0.2) is 0 Å². The molecule has 3 nitrogen and oxygen atoms in total. The number of fused-ring (bicyclic) bond motifs is 1. The van der Waals surface area contributed by atoms with Gasteiger partial charge in [0.05, 0.1) is 13.2 Å². The second kappa shape index (κ2) is 6.36. The van der Waals surface area contributed by atoms with Crippen molar-refractivity contribution in [3.8, 4) is 5.75 Å². The van der Waals surface area contributed by atoms with Crippen LogP contribution in [-0.4, -0.2) is 25.5 Å². The van der Waals surface area contributed by atoms with E-state index in [-0.39, 0.29) is 5.78 Å². The first-order valence-corrected chi connectivity index (χ1v) is 6.36. The molecule has 18 heavy (non-hydrogen) atoms. The largest absolute Gasteiger partial charge is 0.493 e. The lowest BCUT2D eigenvalue weighted by Gasteiger charge is -2.25. The Kier molecular flexibility index (Phi) is 4.53. The number of Topliss-reactive ketones (excluding diaryl/α,β-unsaturated/α-hetero) is 1. The van der Waals surface area contributed by atoms with Crippen molar-refractivity contribution in [3.05, 3.63) is 42.5 Å². The molecule has 0 radical (unpaired) electrons. The second-order valence-corrected chi connectivity index (χ2v) is 4.53. The summed E-state index contributed by atoms with van der Waals surface area (Å²) in [7, 11) is 0. The van der Waals surface area contributed by atoms with Crippen LogP contribution < -0.4 is 10.1 Å². The highest BCUT2D eigenvalue weighted by Crippen LogP contribution is 2.35. The minimum atomic E-state index is 0.249. The Hall–Kier alpha value is -1.61. The van der Waals surface area contributed by atoms with Crippen molar-refractivity contribution in [1.29, 1.82) is 0 Å². The highest BCUT2D eigenvalue weighted by atomic mass is 16.5. The molecule has 0 bridgehead atoms. The second-order valence-electron chi connectivity index (χ2n) is 4.53. The normalized spacial score (nSPS) is 17.7. The fourth-order valence-corrected chi connectivity index (χ4v) is 2.29. The molecule has 96 valence electrons. The number of nitrogens with one attached hydrogen (secondary N) is 1. The summed E-state index contributed by atoms with van der Waals surface area (Å²) < 4.78 is 5.59. The Bertz CT molecular complexity index is 428. The fraction of sp³-hybridized carbons (Fsp3) is 0.400. The topological polar surface area (TPSA) is 38.3 Å². The number of rotatable bonds is 6. The van der Waals surface area contributed by atoms with Gasteiger partial charge in [0.1, 0.15) is 11.5 Å². The molecule has 1 heterocycles. The lowest BCUT2D eigenvalue weighted by atomic mass is 9.89. The molecule has 0 saturated carbocycles. The quantitative estimate of drug-likeness (QED) is 0.617. The molecule has 1 aliphatic heterocycles. The molecule has 0 fully saturated rings. The van der Waals surface area contributed by atoms with E-state index in [9.17, 15) is 4.79 Å². The number of carbonyl (C=O) groups excluding carboxylic acids is 1. The van der Waals surface area contributed by atoms with Crippen LogP contribution in [0, 0.1) is 0 Å². The average Bonchev–Trinajstić information content (AvgIpc) is 2.39. The predicted octanol–water partition coefficient (Wildman–Crippen LogP) is 2.29. The third-order valence-electron chi connectivity index (χ3n) is 3.17. The van der Waals surface area contributed by atoms with E-state index in [2.05, 4.69) is 18.0 Å². The highest BCUT2D eigenvalue weighted by Gasteiger charge is 2.22. The van der Waals surface area contributed by atoms with Crippen LogP contribution in [0.25, 0.3) is 0 Å². The number of para-hydroxylation sites is 1. The number of ketones is 1. The summed E-state index contributed by atoms with van der Waals surface area (Å²) in [5.41, 5.74) is 1.17. The van der Waals surface area contributed by atoms with Crippen LogP contribution in [0.2, 0.25) is 0 Å². The zero-order chi connectivity index (χ0) is 12.8. The molecule has 1 N–H and O–H groups in total. The van der Waals surface area contributed by atoms with Crippen molar-refractivity contribution in [2.24, 2.45) is 0 Å². The standard InChI is InChI=1S/C15H19NO2/c1-2-8-16-11-13(17)10-12-7-9-18-15-6-4-3-5-14(12)15/h2-6,12,16H,1,7-11H2. The third kappa shape index (κ3) is 3.20. The SMILES string of the molecule is C=CCNCC(=O)CC1CCOc2ccccc21. The van der Waals surface area contributed by atoms with Gasteiger partial charge < -0.3 is 10.1 Å². The number of hydrogen-bond acceptors (Lipinski definition) is 3. The summed E-state index contributed by atoms with van der Waals surface area (Å²) in [6, 6.07) is 8.00. The molecule has 0 aliphatic carbocycles. The van der Waals surface area contributed by atoms with Gasteiger partial charge in [-0.2, -0.15) is 0 Å². The maximum absolute atomic E-state index is 11.9. The molecule has 0 spiro atoms. The molecular formula is C15H19NO2. The van der Waals surface area contributed by atoms with Crippen molar-refractivity contribution in [3.63, 3.8) is 0 Å². The number of ether oxygens (including phenoxy) is 1. The Balaban J connectivity index is 1.94. The molecule has 1 atom stereocenters. The number of benzene rings is 1. The van der Waals surface area contributed by atoms with E-state index in [1.54, 1.807) is 6.08 Å². The molecule has 0 amide bonds. The van der Waals surface area contributed by atoms with E-state index in [0.29, 0.717) is 32.0 Å². The van der Waals surface area contributed by atoms with E-state index >= 15 is 0 Å². The molecule has 0 saturated heterocycles. The van der Waals surface area contributed by atoms with Crippen molar-refractivity contribution >= 4 is 5.78 Å². The van der Waals surface area contributed by atoms with Gasteiger partial charge in [0.2, 0.25) is 0 Å². The number of carbonyl (C=O) groups is 1. The van der Waals surface area contributed by atoms with E-state index in [1.165, 1.54) is 5.56 Å². The van der Waals surface area contributed by atoms with Crippen molar-refractivity contribution in [2.75, 3.05) is 19.7 Å². The average molecular weight is 245 g/mol. The Labute approximate surface area is 108 Å². The van der Waals surface area contributed by atoms with Crippen molar-refractivity contribution in [2.45, 2.75) is 18.8 Å². The molecule has 1 aromatic rings. The van der Waals surface area contributed by atoms with Gasteiger partial charge in [0, 0.05) is 13.0 Å². The van der Waals surface area contributed by atoms with Gasteiger partial charge in [-0.05, 0) is 24.0 Å². The Morgan fingerprint density at radius 2 is 2.33 bits per heavy atom. The minimum Gasteiger partial charge on any atom is -0.493 e. The zero-order valence-corrected chi connectivity index (χ0v) is 10.5. The summed E-state index contributed by atoms with van der Waals surface area (Å²) in [5.74, 6) is 1.48. The van der Waals surface area contributed by atoms with E-state index in [4.69, 9.17) is 4.74 Å². The third-order valence-corrected chi connectivity index (χ3v) is 3.17. The van der Waals surface area contributed by atoms with Gasteiger partial charge >= 0.3 is 0 Å². The highest BCUT2D eigenvalue weighted by molar-refractivity contribution is 5.81. The monoisotopic (exact) mass is 245 g/mol. The summed E-state index contributed by atoms with van der Waals surface area (Å²) >= 11 is 0. The van der Waals surface area contributed by atoms with Crippen LogP contribution >= 0.6 is 0 Å². The van der Waals surface area contributed by atoms with Crippen LogP contribution in [0.15, 0.2) is 36.9 Å². The summed E-state index contributed by atoms with van der Waals surface area (Å²) in [6.45, 7) is 5.41. The van der Waals surface area contributed by atoms with Gasteiger partial charge in [-0.15, -0.1) is 6.58 Å². The first-order chi connectivity index (χ1) is 8.81. The summed E-state index contributed by atoms with van der Waals surface area (Å²) in [4.78, 5) is 11.9. The van der Waals surface area contributed by atoms with Crippen molar-refractivity contribution < 1.29 is 9.53 Å². The smallest absolute Gasteiger partial charge is 0.147 e. The molecule has 1 unspecified atom stereocenters. The maximum atomic E-state index is 11.9. The summed E-state index contributed by atoms with van der Waals surface area (Å²) in [6.07, 6.45) is 3.27. The maximum Gasteiger partial charge on any atom is 0.147 e. The lowest BCUT2D eigenvalue weighted by Crippen LogP contribution is -2.25. The first-order valence-electron chi connectivity index (χ1n) is 6.36. The molecule has 0 aromatic heterocycles. The van der Waals surface area contributed by atoms with E-state index in [0.717, 1.165) is 12.2 Å². The van der Waals surface area contributed by atoms with Crippen LogP contribution in [-0.2, 0) is 4.79 Å². The van der Waals surface area contributed by atoms with E-state index in [1.807, 2.05) is 18.2 Å². The van der Waals surface area contributed by atoms with Gasteiger partial charge in [-0.3, -0.25) is 4.79 Å². The lowest BCUT2D eigenvalue weighted by molar-refractivity contribution is -0.118. The van der Waals surface area contributed by atoms with Gasteiger partial charge in [-0.1, -0.05) is 24.3 Å². The van der Waals surface area contributed by atoms with Crippen LogP contribution in [0.4, 0.5) is 0 Å². The summed E-state index contributed by atoms with van der Waals surface area (Å²) in [5, 5.41) is 3.05. The van der Waals surface area contributed by atoms with Gasteiger partial charge in [0.25, 0.3) is 0 Å². The van der Waals surface area contributed by atoms with Crippen LogP contribution in [0.5, 0.6) is 5.75 Å². The molecule has 1 aliphatic rings. The first kappa shape index (κ1) is 12.8. The van der Waals surface area contributed by atoms with Crippen molar-refractivity contribution in [1.82, 2.24) is 5.32 Å². The van der Waals surface area contributed by atoms with Crippen LogP contribution in [0.3, 0.4) is 0 Å². The van der Waals surface area contributed by atoms with Crippen LogP contribution in [0.1, 0.15) is 24.3 Å². The number of hydrogen-bond donors (Lipinski definition) is 1. The Morgan fingerprint density at radius 3 is 3.17 bits per heavy atom. The van der Waals surface area contributed by atoms with E-state index < -0.39 is 0 Å². The minimum absolute atomic E-state index is 0.249. The fourth-order valence-electron chi connectivity index (χ4n) is 2.29.